The van der Waals surface area contributed by atoms with Crippen molar-refractivity contribution >= 4 is 17.5 Å². The van der Waals surface area contributed by atoms with E-state index < -0.39 is 5.60 Å². The summed E-state index contributed by atoms with van der Waals surface area (Å²) in [5, 5.41) is 13.2. The van der Waals surface area contributed by atoms with Crippen LogP contribution in [0.5, 0.6) is 0 Å². The number of amides is 1. The van der Waals surface area contributed by atoms with E-state index in [0.717, 1.165) is 5.56 Å². The fourth-order valence-corrected chi connectivity index (χ4v) is 1.59. The first-order valence-electron chi connectivity index (χ1n) is 6.01. The van der Waals surface area contributed by atoms with Gasteiger partial charge in [-0.25, -0.2) is 0 Å². The first-order valence-corrected chi connectivity index (χ1v) is 6.39. The summed E-state index contributed by atoms with van der Waals surface area (Å²) in [6, 6.07) is 5.31. The average molecular weight is 270 g/mol. The second-order valence-electron chi connectivity index (χ2n) is 5.13. The summed E-state index contributed by atoms with van der Waals surface area (Å²) >= 11 is 6.08. The van der Waals surface area contributed by atoms with Gasteiger partial charge in [-0.3, -0.25) is 4.79 Å². The van der Waals surface area contributed by atoms with Crippen molar-refractivity contribution in [1.29, 1.82) is 0 Å². The van der Waals surface area contributed by atoms with Gasteiger partial charge in [-0.15, -0.1) is 0 Å². The number of halogens is 1. The van der Waals surface area contributed by atoms with Crippen LogP contribution < -0.4 is 5.32 Å². The maximum atomic E-state index is 12.0. The van der Waals surface area contributed by atoms with Crippen LogP contribution in [0.3, 0.4) is 0 Å². The van der Waals surface area contributed by atoms with Gasteiger partial charge in [-0.1, -0.05) is 37.6 Å². The Morgan fingerprint density at radius 1 is 1.50 bits per heavy atom. The van der Waals surface area contributed by atoms with Crippen LogP contribution in [0.25, 0.3) is 0 Å². The third-order valence-corrected chi connectivity index (χ3v) is 3.79. The normalized spacial score (nSPS) is 14.4. The lowest BCUT2D eigenvalue weighted by atomic mass is 9.92. The van der Waals surface area contributed by atoms with Gasteiger partial charge in [0.2, 0.25) is 0 Å². The summed E-state index contributed by atoms with van der Waals surface area (Å²) in [5.74, 6) is -0.199. The van der Waals surface area contributed by atoms with Crippen molar-refractivity contribution in [2.75, 3.05) is 6.54 Å². The number of benzene rings is 1. The molecule has 18 heavy (non-hydrogen) atoms. The first-order chi connectivity index (χ1) is 8.25. The van der Waals surface area contributed by atoms with E-state index in [1.165, 1.54) is 0 Å². The molecule has 0 aliphatic carbocycles. The monoisotopic (exact) mass is 269 g/mol. The van der Waals surface area contributed by atoms with Gasteiger partial charge < -0.3 is 10.4 Å². The third kappa shape index (κ3) is 3.47. The van der Waals surface area contributed by atoms with Gasteiger partial charge in [0, 0.05) is 6.54 Å². The van der Waals surface area contributed by atoms with Gasteiger partial charge >= 0.3 is 0 Å². The topological polar surface area (TPSA) is 49.3 Å². The molecule has 0 spiro atoms. The summed E-state index contributed by atoms with van der Waals surface area (Å²) in [7, 11) is 0. The van der Waals surface area contributed by atoms with E-state index in [2.05, 4.69) is 5.32 Å². The molecule has 0 saturated carbocycles. The average Bonchev–Trinajstić information content (AvgIpc) is 2.29. The zero-order valence-corrected chi connectivity index (χ0v) is 12.0. The third-order valence-electron chi connectivity index (χ3n) is 3.29. The Bertz CT molecular complexity index is 441. The van der Waals surface area contributed by atoms with Gasteiger partial charge in [-0.2, -0.15) is 0 Å². The molecule has 100 valence electrons. The molecule has 0 aromatic heterocycles. The molecule has 0 radical (unpaired) electrons. The molecule has 3 nitrogen and oxygen atoms in total. The zero-order valence-electron chi connectivity index (χ0n) is 11.2. The minimum absolute atomic E-state index is 0.0609. The van der Waals surface area contributed by atoms with Crippen molar-refractivity contribution < 1.29 is 9.90 Å². The maximum Gasteiger partial charge on any atom is 0.252 e. The molecule has 1 unspecified atom stereocenters. The lowest BCUT2D eigenvalue weighted by Crippen LogP contribution is -2.44. The number of hydrogen-bond donors (Lipinski definition) is 2. The highest BCUT2D eigenvalue weighted by atomic mass is 35.5. The number of aliphatic hydroxyl groups is 1. The smallest absolute Gasteiger partial charge is 0.252 e. The molecular formula is C14H20ClNO2. The first kappa shape index (κ1) is 15.0. The van der Waals surface area contributed by atoms with Gasteiger partial charge in [0.25, 0.3) is 5.91 Å². The van der Waals surface area contributed by atoms with Crippen LogP contribution in [-0.4, -0.2) is 23.2 Å². The van der Waals surface area contributed by atoms with E-state index in [-0.39, 0.29) is 18.4 Å². The Kier molecular flexibility index (Phi) is 4.77. The number of nitrogens with one attached hydrogen (secondary N) is 1. The summed E-state index contributed by atoms with van der Waals surface area (Å²) < 4.78 is 0. The van der Waals surface area contributed by atoms with Crippen LogP contribution in [0.15, 0.2) is 18.2 Å². The summed E-state index contributed by atoms with van der Waals surface area (Å²) in [4.78, 5) is 12.0. The fourth-order valence-electron chi connectivity index (χ4n) is 1.38. The van der Waals surface area contributed by atoms with Crippen molar-refractivity contribution in [3.8, 4) is 0 Å². The molecule has 0 fully saturated rings. The summed E-state index contributed by atoms with van der Waals surface area (Å²) in [5.41, 5.74) is 0.377. The minimum Gasteiger partial charge on any atom is -0.388 e. The molecule has 2 N–H and O–H groups in total. The van der Waals surface area contributed by atoms with E-state index in [4.69, 9.17) is 11.6 Å². The Morgan fingerprint density at radius 3 is 2.67 bits per heavy atom. The van der Waals surface area contributed by atoms with E-state index in [9.17, 15) is 9.90 Å². The SMILES string of the molecule is Cc1cccc(C(=O)NCC(C)(O)C(C)C)c1Cl. The highest BCUT2D eigenvalue weighted by Gasteiger charge is 2.25. The lowest BCUT2D eigenvalue weighted by Gasteiger charge is -2.27. The predicted octanol–water partition coefficient (Wildman–Crippen LogP) is 2.79. The van der Waals surface area contributed by atoms with Crippen molar-refractivity contribution in [2.24, 2.45) is 5.92 Å². The van der Waals surface area contributed by atoms with E-state index in [1.54, 1.807) is 19.1 Å². The Balaban J connectivity index is 2.75. The summed E-state index contributed by atoms with van der Waals surface area (Å²) in [6.07, 6.45) is 0. The van der Waals surface area contributed by atoms with Crippen molar-refractivity contribution in [1.82, 2.24) is 5.32 Å². The quantitative estimate of drug-likeness (QED) is 0.883. The number of hydrogen-bond acceptors (Lipinski definition) is 2. The van der Waals surface area contributed by atoms with Gasteiger partial charge in [0.05, 0.1) is 16.2 Å². The van der Waals surface area contributed by atoms with Crippen LogP contribution in [0, 0.1) is 12.8 Å². The van der Waals surface area contributed by atoms with Gasteiger partial charge in [0.1, 0.15) is 0 Å². The molecule has 1 amide bonds. The standard InChI is InChI=1S/C14H20ClNO2/c1-9(2)14(4,18)8-16-13(17)11-7-5-6-10(3)12(11)15/h5-7,9,18H,8H2,1-4H3,(H,16,17). The molecular weight excluding hydrogens is 250 g/mol. The molecule has 0 saturated heterocycles. The summed E-state index contributed by atoms with van der Waals surface area (Å²) in [6.45, 7) is 7.57. The Morgan fingerprint density at radius 2 is 2.11 bits per heavy atom. The van der Waals surface area contributed by atoms with Crippen molar-refractivity contribution in [3.63, 3.8) is 0 Å². The van der Waals surface area contributed by atoms with E-state index in [1.807, 2.05) is 26.8 Å². The van der Waals surface area contributed by atoms with Crippen molar-refractivity contribution in [2.45, 2.75) is 33.3 Å². The van der Waals surface area contributed by atoms with Gasteiger partial charge in [0.15, 0.2) is 0 Å². The van der Waals surface area contributed by atoms with Crippen LogP contribution in [-0.2, 0) is 0 Å². The number of carbonyl (C=O) groups excluding carboxylic acids is 1. The zero-order chi connectivity index (χ0) is 13.9. The Labute approximate surface area is 113 Å². The van der Waals surface area contributed by atoms with Crippen molar-refractivity contribution in [3.05, 3.63) is 34.3 Å². The number of rotatable bonds is 4. The molecule has 1 rings (SSSR count). The molecule has 1 aromatic carbocycles. The molecule has 1 atom stereocenters. The van der Waals surface area contributed by atoms with E-state index >= 15 is 0 Å². The maximum absolute atomic E-state index is 12.0. The van der Waals surface area contributed by atoms with Crippen LogP contribution in [0.2, 0.25) is 5.02 Å². The second kappa shape index (κ2) is 5.72. The molecule has 0 aliphatic rings. The molecule has 1 aromatic rings. The molecule has 0 bridgehead atoms. The fraction of sp³-hybridized carbons (Fsp3) is 0.500. The molecule has 4 heteroatoms. The Hall–Kier alpha value is -1.06. The largest absolute Gasteiger partial charge is 0.388 e. The molecule has 0 aliphatic heterocycles. The van der Waals surface area contributed by atoms with Crippen LogP contribution in [0.4, 0.5) is 0 Å². The lowest BCUT2D eigenvalue weighted by molar-refractivity contribution is 0.0142. The molecule has 0 heterocycles. The highest BCUT2D eigenvalue weighted by Crippen LogP contribution is 2.20. The second-order valence-corrected chi connectivity index (χ2v) is 5.51. The van der Waals surface area contributed by atoms with Crippen LogP contribution >= 0.6 is 11.6 Å². The minimum atomic E-state index is -0.925. The highest BCUT2D eigenvalue weighted by molar-refractivity contribution is 6.34. The van der Waals surface area contributed by atoms with E-state index in [0.29, 0.717) is 10.6 Å². The van der Waals surface area contributed by atoms with Crippen LogP contribution in [0.1, 0.15) is 36.7 Å². The number of aryl methyl sites for hydroxylation is 1. The predicted molar refractivity (Wildman–Crippen MR) is 74.0 cm³/mol. The number of carbonyl (C=O) groups is 1. The van der Waals surface area contributed by atoms with Gasteiger partial charge in [-0.05, 0) is 31.4 Å².